The number of halogens is 2. The lowest BCUT2D eigenvalue weighted by Gasteiger charge is -2.25. The SMILES string of the molecule is CC(c1n[nH]c(=O)c2cc(F)c(F)cc12)N(C)C(=O)c1ccc2[nH]ncc2c1. The minimum absolute atomic E-state index is 0.0311. The zero-order chi connectivity index (χ0) is 20.0. The second-order valence-electron chi connectivity index (χ2n) is 6.51. The molecule has 2 heterocycles. The normalized spacial score (nSPS) is 12.4. The van der Waals surface area contributed by atoms with Crippen LogP contribution in [0.3, 0.4) is 0 Å². The van der Waals surface area contributed by atoms with Gasteiger partial charge in [0.2, 0.25) is 0 Å². The second-order valence-corrected chi connectivity index (χ2v) is 6.51. The molecule has 0 radical (unpaired) electrons. The Morgan fingerprint density at radius 2 is 1.82 bits per heavy atom. The maximum atomic E-state index is 13.8. The topological polar surface area (TPSA) is 94.7 Å². The zero-order valence-corrected chi connectivity index (χ0v) is 15.0. The number of hydrogen-bond donors (Lipinski definition) is 2. The number of H-pyrrole nitrogens is 2. The van der Waals surface area contributed by atoms with Crippen molar-refractivity contribution in [2.75, 3.05) is 7.05 Å². The second kappa shape index (κ2) is 6.52. The van der Waals surface area contributed by atoms with Gasteiger partial charge in [0.05, 0.1) is 28.8 Å². The molecule has 0 spiro atoms. The van der Waals surface area contributed by atoms with Gasteiger partial charge in [0, 0.05) is 23.4 Å². The average molecular weight is 383 g/mol. The number of rotatable bonds is 3. The molecule has 4 rings (SSSR count). The molecule has 0 aliphatic carbocycles. The van der Waals surface area contributed by atoms with Gasteiger partial charge >= 0.3 is 0 Å². The first kappa shape index (κ1) is 17.8. The van der Waals surface area contributed by atoms with Crippen LogP contribution < -0.4 is 5.56 Å². The highest BCUT2D eigenvalue weighted by Gasteiger charge is 2.24. The van der Waals surface area contributed by atoms with Crippen molar-refractivity contribution in [1.29, 1.82) is 0 Å². The highest BCUT2D eigenvalue weighted by molar-refractivity contribution is 5.98. The number of carbonyl (C=O) groups is 1. The number of fused-ring (bicyclic) bond motifs is 2. The van der Waals surface area contributed by atoms with Crippen molar-refractivity contribution in [3.05, 3.63) is 69.8 Å². The average Bonchev–Trinajstić information content (AvgIpc) is 3.16. The van der Waals surface area contributed by atoms with Crippen LogP contribution in [0, 0.1) is 11.6 Å². The van der Waals surface area contributed by atoms with Crippen molar-refractivity contribution in [1.82, 2.24) is 25.3 Å². The Morgan fingerprint density at radius 1 is 1.11 bits per heavy atom. The van der Waals surface area contributed by atoms with Crippen molar-refractivity contribution in [3.63, 3.8) is 0 Å². The van der Waals surface area contributed by atoms with Gasteiger partial charge < -0.3 is 4.90 Å². The number of carbonyl (C=O) groups excluding carboxylic acids is 1. The highest BCUT2D eigenvalue weighted by atomic mass is 19.2. The van der Waals surface area contributed by atoms with Crippen molar-refractivity contribution in [3.8, 4) is 0 Å². The summed E-state index contributed by atoms with van der Waals surface area (Å²) in [6, 6.07) is 6.26. The van der Waals surface area contributed by atoms with Gasteiger partial charge in [-0.05, 0) is 37.3 Å². The summed E-state index contributed by atoms with van der Waals surface area (Å²) >= 11 is 0. The highest BCUT2D eigenvalue weighted by Crippen LogP contribution is 2.26. The van der Waals surface area contributed by atoms with Crippen LogP contribution in [0.25, 0.3) is 21.7 Å². The number of aromatic amines is 2. The van der Waals surface area contributed by atoms with E-state index in [9.17, 15) is 18.4 Å². The van der Waals surface area contributed by atoms with E-state index in [1.807, 2.05) is 0 Å². The number of nitrogens with one attached hydrogen (secondary N) is 2. The molecule has 0 aliphatic heterocycles. The summed E-state index contributed by atoms with van der Waals surface area (Å²) in [7, 11) is 1.57. The van der Waals surface area contributed by atoms with Crippen LogP contribution in [-0.4, -0.2) is 38.2 Å². The molecule has 0 saturated carbocycles. The Balaban J connectivity index is 1.75. The van der Waals surface area contributed by atoms with Crippen LogP contribution in [0.2, 0.25) is 0 Å². The number of nitrogens with zero attached hydrogens (tertiary/aromatic N) is 3. The first-order valence-electron chi connectivity index (χ1n) is 8.44. The molecule has 2 aromatic carbocycles. The van der Waals surface area contributed by atoms with Gasteiger partial charge in [-0.3, -0.25) is 14.7 Å². The predicted octanol–water partition coefficient (Wildman–Crippen LogP) is 2.91. The van der Waals surface area contributed by atoms with Gasteiger partial charge in [-0.25, -0.2) is 13.9 Å². The van der Waals surface area contributed by atoms with E-state index in [-0.39, 0.29) is 22.4 Å². The Hall–Kier alpha value is -3.62. The van der Waals surface area contributed by atoms with E-state index in [4.69, 9.17) is 0 Å². The van der Waals surface area contributed by atoms with Gasteiger partial charge in [0.1, 0.15) is 0 Å². The fraction of sp³-hybridized carbons (Fsp3) is 0.158. The molecule has 2 N–H and O–H groups in total. The molecule has 1 unspecified atom stereocenters. The van der Waals surface area contributed by atoms with E-state index in [2.05, 4.69) is 20.4 Å². The summed E-state index contributed by atoms with van der Waals surface area (Å²) in [5.41, 5.74) is 0.866. The van der Waals surface area contributed by atoms with Gasteiger partial charge in [0.25, 0.3) is 11.5 Å². The van der Waals surface area contributed by atoms with E-state index in [1.165, 1.54) is 4.90 Å². The van der Waals surface area contributed by atoms with E-state index >= 15 is 0 Å². The lowest BCUT2D eigenvalue weighted by Crippen LogP contribution is -2.31. The Kier molecular flexibility index (Phi) is 4.14. The predicted molar refractivity (Wildman–Crippen MR) is 98.9 cm³/mol. The number of amides is 1. The van der Waals surface area contributed by atoms with Crippen LogP contribution in [-0.2, 0) is 0 Å². The minimum Gasteiger partial charge on any atom is -0.333 e. The van der Waals surface area contributed by atoms with E-state index in [0.717, 1.165) is 23.0 Å². The van der Waals surface area contributed by atoms with Crippen LogP contribution >= 0.6 is 0 Å². The van der Waals surface area contributed by atoms with Crippen molar-refractivity contribution < 1.29 is 13.6 Å². The largest absolute Gasteiger partial charge is 0.333 e. The molecule has 9 heteroatoms. The van der Waals surface area contributed by atoms with Gasteiger partial charge in [0.15, 0.2) is 11.6 Å². The van der Waals surface area contributed by atoms with Crippen LogP contribution in [0.5, 0.6) is 0 Å². The van der Waals surface area contributed by atoms with E-state index in [1.54, 1.807) is 38.4 Å². The zero-order valence-electron chi connectivity index (χ0n) is 15.0. The monoisotopic (exact) mass is 383 g/mol. The van der Waals surface area contributed by atoms with Gasteiger partial charge in [-0.15, -0.1) is 0 Å². The van der Waals surface area contributed by atoms with Crippen LogP contribution in [0.1, 0.15) is 29.0 Å². The third-order valence-corrected chi connectivity index (χ3v) is 4.84. The van der Waals surface area contributed by atoms with E-state index in [0.29, 0.717) is 5.56 Å². The number of hydrogen-bond acceptors (Lipinski definition) is 4. The number of benzene rings is 2. The Morgan fingerprint density at radius 3 is 2.57 bits per heavy atom. The summed E-state index contributed by atoms with van der Waals surface area (Å²) in [6.07, 6.45) is 1.61. The Bertz CT molecular complexity index is 1280. The molecule has 1 atom stereocenters. The summed E-state index contributed by atoms with van der Waals surface area (Å²) in [5, 5.41) is 13.9. The maximum absolute atomic E-state index is 13.8. The lowest BCUT2D eigenvalue weighted by molar-refractivity contribution is 0.0740. The van der Waals surface area contributed by atoms with Crippen LogP contribution in [0.4, 0.5) is 8.78 Å². The molecule has 7 nitrogen and oxygen atoms in total. The molecule has 4 aromatic rings. The molecule has 1 amide bonds. The quantitative estimate of drug-likeness (QED) is 0.569. The maximum Gasteiger partial charge on any atom is 0.272 e. The van der Waals surface area contributed by atoms with E-state index < -0.39 is 23.2 Å². The lowest BCUT2D eigenvalue weighted by atomic mass is 10.0. The molecule has 2 aromatic heterocycles. The van der Waals surface area contributed by atoms with Crippen LogP contribution in [0.15, 0.2) is 41.3 Å². The first-order valence-corrected chi connectivity index (χ1v) is 8.44. The molecular formula is C19H15F2N5O2. The molecule has 0 aliphatic rings. The standard InChI is InChI=1S/C19H15F2N5O2/c1-9(17-12-6-14(20)15(21)7-13(12)18(27)25-24-17)26(2)19(28)10-3-4-16-11(5-10)8-22-23-16/h3-9H,1-2H3,(H,22,23)(H,25,27). The van der Waals surface area contributed by atoms with Crippen molar-refractivity contribution in [2.45, 2.75) is 13.0 Å². The molecule has 0 saturated heterocycles. The third kappa shape index (κ3) is 2.81. The molecule has 28 heavy (non-hydrogen) atoms. The minimum atomic E-state index is -1.12. The third-order valence-electron chi connectivity index (χ3n) is 4.84. The molecule has 0 bridgehead atoms. The fourth-order valence-electron chi connectivity index (χ4n) is 3.14. The number of aromatic nitrogens is 4. The molecule has 0 fully saturated rings. The molecule has 142 valence electrons. The van der Waals surface area contributed by atoms with Crippen molar-refractivity contribution >= 4 is 27.6 Å². The van der Waals surface area contributed by atoms with Gasteiger partial charge in [-0.1, -0.05) is 0 Å². The molecular weight excluding hydrogens is 368 g/mol. The van der Waals surface area contributed by atoms with Gasteiger partial charge in [-0.2, -0.15) is 10.2 Å². The first-order chi connectivity index (χ1) is 13.4. The van der Waals surface area contributed by atoms with Crippen molar-refractivity contribution in [2.24, 2.45) is 0 Å². The summed E-state index contributed by atoms with van der Waals surface area (Å²) in [6.45, 7) is 1.69. The summed E-state index contributed by atoms with van der Waals surface area (Å²) in [4.78, 5) is 26.3. The Labute approximate surface area is 157 Å². The smallest absolute Gasteiger partial charge is 0.272 e. The fourth-order valence-corrected chi connectivity index (χ4v) is 3.14. The summed E-state index contributed by atoms with van der Waals surface area (Å²) < 4.78 is 27.3. The summed E-state index contributed by atoms with van der Waals surface area (Å²) in [5.74, 6) is -2.51.